The number of thiophene rings is 1. The molecule has 0 radical (unpaired) electrons. The number of amides is 2. The molecule has 3 aromatic rings. The van der Waals surface area contributed by atoms with Crippen molar-refractivity contribution >= 4 is 51.6 Å². The molecule has 7 nitrogen and oxygen atoms in total. The number of methoxy groups -OCH3 is 2. The van der Waals surface area contributed by atoms with Crippen LogP contribution >= 0.6 is 23.1 Å². The fourth-order valence-corrected chi connectivity index (χ4v) is 7.06. The Morgan fingerprint density at radius 1 is 1.05 bits per heavy atom. The number of ether oxygens (including phenoxy) is 2. The molecule has 0 fully saturated rings. The Morgan fingerprint density at radius 3 is 2.50 bits per heavy atom. The van der Waals surface area contributed by atoms with Crippen molar-refractivity contribution in [2.45, 2.75) is 57.1 Å². The third-order valence-electron chi connectivity index (χ3n) is 7.22. The largest absolute Gasteiger partial charge is 0.497 e. The number of rotatable bonds is 8. The highest BCUT2D eigenvalue weighted by atomic mass is 32.2. The topological polar surface area (TPSA) is 93.7 Å². The standard InChI is InChI=1S/C31H36N2O5S2/c1-18(39-23-12-8-10-21(17-23)32-28(35)19-9-7-11-22(15-19)37-5)27(34)33-29-26(30(36)38-6)24-14-13-20(31(2,3)4)16-25(24)40-29/h7-12,15,17-18,20H,13-14,16H2,1-6H3,(H,32,35)(H,33,34). The molecule has 9 heteroatoms. The van der Waals surface area contributed by atoms with Crippen molar-refractivity contribution in [2.24, 2.45) is 11.3 Å². The van der Waals surface area contributed by atoms with E-state index in [1.807, 2.05) is 25.1 Å². The summed E-state index contributed by atoms with van der Waals surface area (Å²) in [7, 11) is 2.93. The second kappa shape index (κ2) is 12.5. The lowest BCUT2D eigenvalue weighted by Gasteiger charge is -2.33. The van der Waals surface area contributed by atoms with Crippen LogP contribution in [0.5, 0.6) is 5.75 Å². The third kappa shape index (κ3) is 6.88. The number of fused-ring (bicyclic) bond motifs is 1. The quantitative estimate of drug-likeness (QED) is 0.219. The van der Waals surface area contributed by atoms with Crippen LogP contribution in [-0.2, 0) is 22.4 Å². The molecule has 0 aliphatic heterocycles. The average Bonchev–Trinajstić information content (AvgIpc) is 3.29. The predicted molar refractivity (Wildman–Crippen MR) is 162 cm³/mol. The zero-order valence-corrected chi connectivity index (χ0v) is 25.4. The molecule has 0 bridgehead atoms. The lowest BCUT2D eigenvalue weighted by Crippen LogP contribution is -2.26. The first-order valence-corrected chi connectivity index (χ1v) is 15.0. The Bertz CT molecular complexity index is 1410. The molecule has 4 rings (SSSR count). The maximum Gasteiger partial charge on any atom is 0.341 e. The van der Waals surface area contributed by atoms with Gasteiger partial charge in [-0.2, -0.15) is 0 Å². The van der Waals surface area contributed by atoms with Gasteiger partial charge in [0.15, 0.2) is 0 Å². The van der Waals surface area contributed by atoms with Gasteiger partial charge in [0.2, 0.25) is 5.91 Å². The molecule has 1 heterocycles. The first-order valence-electron chi connectivity index (χ1n) is 13.3. The molecule has 1 aromatic heterocycles. The smallest absolute Gasteiger partial charge is 0.341 e. The zero-order chi connectivity index (χ0) is 29.0. The van der Waals surface area contributed by atoms with Gasteiger partial charge in [0.25, 0.3) is 5.91 Å². The Balaban J connectivity index is 1.45. The lowest BCUT2D eigenvalue weighted by molar-refractivity contribution is -0.115. The van der Waals surface area contributed by atoms with Crippen LogP contribution in [0.4, 0.5) is 10.7 Å². The molecule has 2 N–H and O–H groups in total. The highest BCUT2D eigenvalue weighted by Gasteiger charge is 2.34. The molecule has 1 aliphatic rings. The number of hydrogen-bond acceptors (Lipinski definition) is 7. The molecule has 212 valence electrons. The Kier molecular flexibility index (Phi) is 9.26. The summed E-state index contributed by atoms with van der Waals surface area (Å²) in [6, 6.07) is 14.3. The maximum atomic E-state index is 13.3. The zero-order valence-electron chi connectivity index (χ0n) is 23.8. The van der Waals surface area contributed by atoms with Crippen LogP contribution in [0, 0.1) is 11.3 Å². The van der Waals surface area contributed by atoms with Gasteiger partial charge in [-0.3, -0.25) is 9.59 Å². The minimum absolute atomic E-state index is 0.170. The normalized spacial score (nSPS) is 15.5. The molecule has 1 aliphatic carbocycles. The Morgan fingerprint density at radius 2 is 1.80 bits per heavy atom. The number of carbonyl (C=O) groups excluding carboxylic acids is 3. The minimum atomic E-state index is -0.448. The summed E-state index contributed by atoms with van der Waals surface area (Å²) in [6.07, 6.45) is 2.69. The van der Waals surface area contributed by atoms with Gasteiger partial charge < -0.3 is 20.1 Å². The molecule has 0 spiro atoms. The summed E-state index contributed by atoms with van der Waals surface area (Å²) >= 11 is 2.87. The van der Waals surface area contributed by atoms with Crippen molar-refractivity contribution in [1.82, 2.24) is 0 Å². The number of hydrogen-bond donors (Lipinski definition) is 2. The van der Waals surface area contributed by atoms with Gasteiger partial charge in [-0.15, -0.1) is 23.1 Å². The first-order chi connectivity index (χ1) is 19.0. The number of anilines is 2. The molecule has 0 saturated carbocycles. The molecular formula is C31H36N2O5S2. The Labute approximate surface area is 244 Å². The molecule has 2 amide bonds. The van der Waals surface area contributed by atoms with Crippen LogP contribution < -0.4 is 15.4 Å². The van der Waals surface area contributed by atoms with Gasteiger partial charge in [0.05, 0.1) is 25.0 Å². The summed E-state index contributed by atoms with van der Waals surface area (Å²) in [5.41, 5.74) is 2.77. The lowest BCUT2D eigenvalue weighted by atomic mass is 9.72. The Hall–Kier alpha value is -3.30. The molecule has 2 aromatic carbocycles. The van der Waals surface area contributed by atoms with Crippen LogP contribution in [0.3, 0.4) is 0 Å². The highest BCUT2D eigenvalue weighted by Crippen LogP contribution is 2.44. The van der Waals surface area contributed by atoms with E-state index in [4.69, 9.17) is 9.47 Å². The molecule has 0 saturated heterocycles. The highest BCUT2D eigenvalue weighted by molar-refractivity contribution is 8.00. The second-order valence-electron chi connectivity index (χ2n) is 11.0. The van der Waals surface area contributed by atoms with Gasteiger partial charge >= 0.3 is 5.97 Å². The maximum absolute atomic E-state index is 13.3. The number of nitrogens with one attached hydrogen (secondary N) is 2. The first kappa shape index (κ1) is 29.7. The van der Waals surface area contributed by atoms with Crippen molar-refractivity contribution in [3.05, 3.63) is 70.1 Å². The van der Waals surface area contributed by atoms with E-state index in [9.17, 15) is 14.4 Å². The van der Waals surface area contributed by atoms with Crippen LogP contribution in [0.15, 0.2) is 53.4 Å². The van der Waals surface area contributed by atoms with Crippen LogP contribution in [0.2, 0.25) is 0 Å². The minimum Gasteiger partial charge on any atom is -0.497 e. The third-order valence-corrected chi connectivity index (χ3v) is 9.49. The summed E-state index contributed by atoms with van der Waals surface area (Å²) in [5.74, 6) is 0.248. The predicted octanol–water partition coefficient (Wildman–Crippen LogP) is 7.07. The van der Waals surface area contributed by atoms with Crippen LogP contribution in [0.25, 0.3) is 0 Å². The van der Waals surface area contributed by atoms with Gasteiger partial charge in [-0.05, 0) is 79.5 Å². The fourth-order valence-electron chi connectivity index (χ4n) is 4.82. The van der Waals surface area contributed by atoms with Crippen molar-refractivity contribution < 1.29 is 23.9 Å². The number of benzene rings is 2. The fraction of sp³-hybridized carbons (Fsp3) is 0.387. The van der Waals surface area contributed by atoms with E-state index < -0.39 is 11.2 Å². The van der Waals surface area contributed by atoms with E-state index in [-0.39, 0.29) is 17.2 Å². The van der Waals surface area contributed by atoms with E-state index in [1.165, 1.54) is 30.2 Å². The summed E-state index contributed by atoms with van der Waals surface area (Å²) < 4.78 is 10.3. The molecule has 2 atom stereocenters. The van der Waals surface area contributed by atoms with Crippen LogP contribution in [0.1, 0.15) is 65.3 Å². The molecule has 40 heavy (non-hydrogen) atoms. The van der Waals surface area contributed by atoms with Crippen molar-refractivity contribution in [1.29, 1.82) is 0 Å². The molecule has 2 unspecified atom stereocenters. The summed E-state index contributed by atoms with van der Waals surface area (Å²) in [6.45, 7) is 8.57. The van der Waals surface area contributed by atoms with Crippen molar-refractivity contribution in [3.8, 4) is 5.75 Å². The van der Waals surface area contributed by atoms with E-state index in [1.54, 1.807) is 37.4 Å². The van der Waals surface area contributed by atoms with Crippen molar-refractivity contribution in [3.63, 3.8) is 0 Å². The molecular weight excluding hydrogens is 544 g/mol. The van der Waals surface area contributed by atoms with Gasteiger partial charge in [0.1, 0.15) is 10.8 Å². The van der Waals surface area contributed by atoms with E-state index in [2.05, 4.69) is 31.4 Å². The SMILES string of the molecule is COC(=O)c1c(NC(=O)C(C)Sc2cccc(NC(=O)c3cccc(OC)c3)c2)sc2c1CCC(C(C)(C)C)C2. The van der Waals surface area contributed by atoms with Gasteiger partial charge in [0, 0.05) is 21.0 Å². The van der Waals surface area contributed by atoms with E-state index >= 15 is 0 Å². The monoisotopic (exact) mass is 580 g/mol. The number of carbonyl (C=O) groups is 3. The average molecular weight is 581 g/mol. The van der Waals surface area contributed by atoms with Gasteiger partial charge in [-0.25, -0.2) is 4.79 Å². The van der Waals surface area contributed by atoms with Crippen LogP contribution in [-0.4, -0.2) is 37.3 Å². The summed E-state index contributed by atoms with van der Waals surface area (Å²) in [5, 5.41) is 6.02. The summed E-state index contributed by atoms with van der Waals surface area (Å²) in [4.78, 5) is 40.7. The van der Waals surface area contributed by atoms with Gasteiger partial charge in [-0.1, -0.05) is 32.9 Å². The number of thioether (sulfide) groups is 1. The van der Waals surface area contributed by atoms with E-state index in [0.29, 0.717) is 33.5 Å². The van der Waals surface area contributed by atoms with E-state index in [0.717, 1.165) is 34.6 Å². The number of esters is 1. The van der Waals surface area contributed by atoms with Crippen molar-refractivity contribution in [2.75, 3.05) is 24.9 Å². The second-order valence-corrected chi connectivity index (χ2v) is 13.5.